The topological polar surface area (TPSA) is 113 Å². The minimum absolute atomic E-state index is 0.388. The van der Waals surface area contributed by atoms with E-state index in [0.29, 0.717) is 17.3 Å². The van der Waals surface area contributed by atoms with Gasteiger partial charge < -0.3 is 4.98 Å². The van der Waals surface area contributed by atoms with Gasteiger partial charge in [-0.15, -0.1) is 11.3 Å². The van der Waals surface area contributed by atoms with Gasteiger partial charge in [-0.1, -0.05) is 0 Å². The highest BCUT2D eigenvalue weighted by Crippen LogP contribution is 2.21. The number of rotatable bonds is 3. The Labute approximate surface area is 133 Å². The second-order valence-corrected chi connectivity index (χ2v) is 5.34. The molecule has 2 N–H and O–H groups in total. The molecule has 0 aliphatic heterocycles. The summed E-state index contributed by atoms with van der Waals surface area (Å²) in [6.45, 7) is 0. The molecule has 0 aliphatic carbocycles. The zero-order chi connectivity index (χ0) is 15.6. The van der Waals surface area contributed by atoms with E-state index in [-0.39, 0.29) is 5.69 Å². The van der Waals surface area contributed by atoms with Crippen LogP contribution in [0.25, 0.3) is 34.2 Å². The summed E-state index contributed by atoms with van der Waals surface area (Å²) in [5, 5.41) is 8.95. The minimum Gasteiger partial charge on any atom is -0.312 e. The fourth-order valence-electron chi connectivity index (χ4n) is 2.01. The zero-order valence-electron chi connectivity index (χ0n) is 11.6. The van der Waals surface area contributed by atoms with Crippen LogP contribution in [0, 0.1) is 0 Å². The average molecular weight is 323 g/mol. The number of H-pyrrole nitrogens is 2. The molecule has 0 atom stereocenters. The Morgan fingerprint density at radius 2 is 1.91 bits per heavy atom. The van der Waals surface area contributed by atoms with E-state index in [0.717, 1.165) is 16.8 Å². The van der Waals surface area contributed by atoms with Gasteiger partial charge in [0, 0.05) is 35.1 Å². The molecule has 0 bridgehead atoms. The molecular formula is C14H9N7OS. The number of aromatic amines is 2. The molecule has 0 radical (unpaired) electrons. The normalized spacial score (nSPS) is 10.8. The Morgan fingerprint density at radius 3 is 2.61 bits per heavy atom. The average Bonchev–Trinajstić information content (AvgIpc) is 3.27. The predicted molar refractivity (Wildman–Crippen MR) is 84.6 cm³/mol. The highest BCUT2D eigenvalue weighted by molar-refractivity contribution is 7.07. The lowest BCUT2D eigenvalue weighted by atomic mass is 10.2. The largest absolute Gasteiger partial charge is 0.344 e. The van der Waals surface area contributed by atoms with Crippen LogP contribution in [0.3, 0.4) is 0 Å². The van der Waals surface area contributed by atoms with Gasteiger partial charge in [-0.2, -0.15) is 5.10 Å². The first-order valence-corrected chi connectivity index (χ1v) is 7.56. The van der Waals surface area contributed by atoms with Crippen molar-refractivity contribution in [2.75, 3.05) is 0 Å². The molecule has 9 heteroatoms. The SMILES string of the molecule is O=c1ncc(-c2ccc(-c3n[nH]c(-c4cscn4)n3)cn2)c[nH]1. The summed E-state index contributed by atoms with van der Waals surface area (Å²) >= 11 is 1.50. The summed E-state index contributed by atoms with van der Waals surface area (Å²) in [5.41, 5.74) is 4.33. The van der Waals surface area contributed by atoms with Crippen LogP contribution in [0.4, 0.5) is 0 Å². The number of aromatic nitrogens is 7. The fourth-order valence-corrected chi connectivity index (χ4v) is 2.55. The first kappa shape index (κ1) is 13.5. The number of pyridine rings is 1. The van der Waals surface area contributed by atoms with Gasteiger partial charge in [0.05, 0.1) is 11.2 Å². The number of hydrogen-bond donors (Lipinski definition) is 2. The van der Waals surface area contributed by atoms with Crippen molar-refractivity contribution in [3.63, 3.8) is 0 Å². The molecule has 0 unspecified atom stereocenters. The highest BCUT2D eigenvalue weighted by atomic mass is 32.1. The van der Waals surface area contributed by atoms with Gasteiger partial charge in [-0.05, 0) is 12.1 Å². The Balaban J connectivity index is 1.63. The fraction of sp³-hybridized carbons (Fsp3) is 0. The Bertz CT molecular complexity index is 968. The van der Waals surface area contributed by atoms with Gasteiger partial charge in [0.2, 0.25) is 0 Å². The maximum absolute atomic E-state index is 11.0. The van der Waals surface area contributed by atoms with Crippen molar-refractivity contribution in [2.24, 2.45) is 0 Å². The quantitative estimate of drug-likeness (QED) is 0.594. The van der Waals surface area contributed by atoms with Crippen molar-refractivity contribution < 1.29 is 0 Å². The standard InChI is InChI=1S/C14H9N7OS/c22-14-16-4-9(5-17-14)10-2-1-8(3-15-10)12-19-13(21-20-12)11-6-23-7-18-11/h1-7H,(H,16,17,22)(H,19,20,21). The molecule has 0 amide bonds. The van der Waals surface area contributed by atoms with Crippen LogP contribution in [0.1, 0.15) is 0 Å². The lowest BCUT2D eigenvalue weighted by Gasteiger charge is -2.00. The number of hydrogen-bond acceptors (Lipinski definition) is 7. The maximum Gasteiger partial charge on any atom is 0.344 e. The van der Waals surface area contributed by atoms with Crippen LogP contribution in [-0.2, 0) is 0 Å². The third-order valence-corrected chi connectivity index (χ3v) is 3.74. The van der Waals surface area contributed by atoms with Gasteiger partial charge in [0.15, 0.2) is 11.6 Å². The van der Waals surface area contributed by atoms with Crippen molar-refractivity contribution in [3.05, 3.63) is 52.1 Å². The van der Waals surface area contributed by atoms with E-state index in [2.05, 4.69) is 35.1 Å². The summed E-state index contributed by atoms with van der Waals surface area (Å²) in [5.74, 6) is 1.17. The monoisotopic (exact) mass is 323 g/mol. The minimum atomic E-state index is -0.388. The molecule has 4 heterocycles. The number of nitrogens with one attached hydrogen (secondary N) is 2. The van der Waals surface area contributed by atoms with Gasteiger partial charge >= 0.3 is 5.69 Å². The second kappa shape index (κ2) is 5.54. The van der Waals surface area contributed by atoms with Gasteiger partial charge in [0.1, 0.15) is 5.69 Å². The van der Waals surface area contributed by atoms with E-state index < -0.39 is 0 Å². The summed E-state index contributed by atoms with van der Waals surface area (Å²) in [7, 11) is 0. The Morgan fingerprint density at radius 1 is 1.00 bits per heavy atom. The van der Waals surface area contributed by atoms with E-state index in [1.165, 1.54) is 17.5 Å². The first-order valence-electron chi connectivity index (χ1n) is 6.62. The number of thiazole rings is 1. The first-order chi connectivity index (χ1) is 11.3. The van der Waals surface area contributed by atoms with Crippen molar-refractivity contribution >= 4 is 11.3 Å². The van der Waals surface area contributed by atoms with Crippen molar-refractivity contribution in [3.8, 4) is 34.2 Å². The summed E-state index contributed by atoms with van der Waals surface area (Å²) < 4.78 is 0. The van der Waals surface area contributed by atoms with Crippen LogP contribution < -0.4 is 5.69 Å². The van der Waals surface area contributed by atoms with E-state index in [1.807, 2.05) is 17.5 Å². The lowest BCUT2D eigenvalue weighted by Crippen LogP contribution is -2.08. The summed E-state index contributed by atoms with van der Waals surface area (Å²) in [6, 6.07) is 3.69. The molecule has 0 saturated carbocycles. The summed E-state index contributed by atoms with van der Waals surface area (Å²) in [4.78, 5) is 30.1. The number of nitrogens with zero attached hydrogens (tertiary/aromatic N) is 5. The third-order valence-electron chi connectivity index (χ3n) is 3.15. The molecule has 0 aliphatic rings. The molecular weight excluding hydrogens is 314 g/mol. The molecule has 23 heavy (non-hydrogen) atoms. The lowest BCUT2D eigenvalue weighted by molar-refractivity contribution is 1.07. The third kappa shape index (κ3) is 2.64. The van der Waals surface area contributed by atoms with Gasteiger partial charge in [-0.25, -0.2) is 19.7 Å². The smallest absolute Gasteiger partial charge is 0.312 e. The Kier molecular flexibility index (Phi) is 3.24. The summed E-state index contributed by atoms with van der Waals surface area (Å²) in [6.07, 6.45) is 4.73. The van der Waals surface area contributed by atoms with E-state index >= 15 is 0 Å². The van der Waals surface area contributed by atoms with Crippen LogP contribution >= 0.6 is 11.3 Å². The van der Waals surface area contributed by atoms with Crippen molar-refractivity contribution in [1.82, 2.24) is 35.1 Å². The second-order valence-electron chi connectivity index (χ2n) is 4.62. The molecule has 0 spiro atoms. The van der Waals surface area contributed by atoms with Crippen LogP contribution in [-0.4, -0.2) is 35.1 Å². The molecule has 0 fully saturated rings. The van der Waals surface area contributed by atoms with Gasteiger partial charge in [-0.3, -0.25) is 10.1 Å². The van der Waals surface area contributed by atoms with Crippen molar-refractivity contribution in [1.29, 1.82) is 0 Å². The molecule has 0 saturated heterocycles. The van der Waals surface area contributed by atoms with Crippen molar-refractivity contribution in [2.45, 2.75) is 0 Å². The van der Waals surface area contributed by atoms with Crippen LogP contribution in [0.15, 0.2) is 46.4 Å². The molecule has 4 rings (SSSR count). The molecule has 4 aromatic rings. The maximum atomic E-state index is 11.0. The Hall–Kier alpha value is -3.20. The van der Waals surface area contributed by atoms with Crippen LogP contribution in [0.5, 0.6) is 0 Å². The van der Waals surface area contributed by atoms with E-state index in [4.69, 9.17) is 0 Å². The van der Waals surface area contributed by atoms with E-state index in [9.17, 15) is 4.79 Å². The highest BCUT2D eigenvalue weighted by Gasteiger charge is 2.10. The molecule has 4 aromatic heterocycles. The van der Waals surface area contributed by atoms with Crippen LogP contribution in [0.2, 0.25) is 0 Å². The molecule has 112 valence electrons. The molecule has 8 nitrogen and oxygen atoms in total. The zero-order valence-corrected chi connectivity index (χ0v) is 12.4. The van der Waals surface area contributed by atoms with E-state index in [1.54, 1.807) is 17.9 Å². The molecule has 0 aromatic carbocycles. The predicted octanol–water partition coefficient (Wildman–Crippen LogP) is 1.74. The van der Waals surface area contributed by atoms with Gasteiger partial charge in [0.25, 0.3) is 0 Å².